The molecule has 4 rings (SSSR count). The van der Waals surface area contributed by atoms with Gasteiger partial charge in [0.1, 0.15) is 5.69 Å². The van der Waals surface area contributed by atoms with Crippen molar-refractivity contribution in [3.8, 4) is 0 Å². The Hall–Kier alpha value is -1.94. The minimum Gasteiger partial charge on any atom is -0.449 e. The number of ether oxygens (including phenoxy) is 1. The van der Waals surface area contributed by atoms with Gasteiger partial charge in [-0.05, 0) is 36.8 Å². The summed E-state index contributed by atoms with van der Waals surface area (Å²) in [6.45, 7) is -0.0686. The molecule has 0 radical (unpaired) electrons. The summed E-state index contributed by atoms with van der Waals surface area (Å²) in [6, 6.07) is 2.28. The van der Waals surface area contributed by atoms with E-state index in [1.807, 2.05) is 5.32 Å². The third kappa shape index (κ3) is 4.63. The van der Waals surface area contributed by atoms with Crippen LogP contribution in [0, 0.1) is 23.5 Å². The minimum absolute atomic E-state index is 0.0686. The van der Waals surface area contributed by atoms with Crippen molar-refractivity contribution >= 4 is 50.5 Å². The predicted molar refractivity (Wildman–Crippen MR) is 110 cm³/mol. The number of aliphatic imine (C=N–C) groups is 1. The molecule has 154 valence electrons. The minimum atomic E-state index is -0.990. The van der Waals surface area contributed by atoms with Crippen LogP contribution in [0.4, 0.5) is 19.3 Å². The van der Waals surface area contributed by atoms with Crippen LogP contribution >= 0.6 is 27.7 Å². The molecule has 0 spiro atoms. The summed E-state index contributed by atoms with van der Waals surface area (Å²) >= 11 is 4.29. The maximum Gasteiger partial charge on any atom is 0.411 e. The van der Waals surface area contributed by atoms with Crippen LogP contribution in [0.1, 0.15) is 19.3 Å². The van der Waals surface area contributed by atoms with Crippen molar-refractivity contribution < 1.29 is 23.1 Å². The van der Waals surface area contributed by atoms with Crippen molar-refractivity contribution in [2.45, 2.75) is 30.6 Å². The molecule has 29 heavy (non-hydrogen) atoms. The number of carbonyl (C=O) groups is 2. The number of hydrogen-bond acceptors (Lipinski definition) is 5. The summed E-state index contributed by atoms with van der Waals surface area (Å²) in [5, 5.41) is 5.01. The van der Waals surface area contributed by atoms with E-state index in [0.29, 0.717) is 17.0 Å². The number of benzene rings is 1. The maximum absolute atomic E-state index is 13.7. The van der Waals surface area contributed by atoms with Crippen molar-refractivity contribution in [3.63, 3.8) is 0 Å². The van der Waals surface area contributed by atoms with Crippen molar-refractivity contribution in [1.82, 2.24) is 5.32 Å². The highest BCUT2D eigenvalue weighted by molar-refractivity contribution is 9.10. The Balaban J connectivity index is 1.25. The van der Waals surface area contributed by atoms with E-state index >= 15 is 0 Å². The van der Waals surface area contributed by atoms with Gasteiger partial charge in [0.05, 0.1) is 17.9 Å². The Morgan fingerprint density at radius 1 is 1.31 bits per heavy atom. The number of amidine groups is 1. The zero-order valence-electron chi connectivity index (χ0n) is 15.2. The number of hydrogen-bond donors (Lipinski definition) is 2. The highest BCUT2D eigenvalue weighted by Crippen LogP contribution is 2.41. The highest BCUT2D eigenvalue weighted by Gasteiger charge is 2.37. The standard InChI is InChI=1S/C19H18BrF2N3O3S/c20-11-7-12(21)16(13(22)8-11)24-19(27)28-4-3-15-17(26)25-18(29-15)23-14-6-9-1-2-10(14)5-9/h1-2,7-10,14-15H,3-6H2,(H,24,27)(H,23,25,26). The molecular weight excluding hydrogens is 468 g/mol. The van der Waals surface area contributed by atoms with Gasteiger partial charge in [-0.1, -0.05) is 39.8 Å². The molecule has 6 nitrogen and oxygen atoms in total. The van der Waals surface area contributed by atoms with E-state index in [2.05, 4.69) is 38.4 Å². The number of thioether (sulfide) groups is 1. The maximum atomic E-state index is 13.7. The van der Waals surface area contributed by atoms with Crippen molar-refractivity contribution in [2.75, 3.05) is 11.9 Å². The zero-order valence-corrected chi connectivity index (χ0v) is 17.6. The first-order valence-corrected chi connectivity index (χ1v) is 10.9. The molecule has 1 aliphatic heterocycles. The number of halogens is 3. The molecule has 1 aromatic carbocycles. The number of carbonyl (C=O) groups excluding carboxylic acids is 2. The molecule has 1 aromatic rings. The fourth-order valence-electron chi connectivity index (χ4n) is 3.77. The summed E-state index contributed by atoms with van der Waals surface area (Å²) < 4.78 is 32.7. The van der Waals surface area contributed by atoms with E-state index < -0.39 is 28.7 Å². The molecule has 2 fully saturated rings. The lowest BCUT2D eigenvalue weighted by Gasteiger charge is -2.13. The summed E-state index contributed by atoms with van der Waals surface area (Å²) in [4.78, 5) is 28.6. The molecule has 1 saturated heterocycles. The van der Waals surface area contributed by atoms with Crippen molar-refractivity contribution in [1.29, 1.82) is 0 Å². The average Bonchev–Trinajstić information content (AvgIpc) is 3.35. The summed E-state index contributed by atoms with van der Waals surface area (Å²) in [6.07, 6.45) is 5.86. The van der Waals surface area contributed by atoms with Gasteiger partial charge in [-0.2, -0.15) is 0 Å². The first-order valence-electron chi connectivity index (χ1n) is 9.21. The van der Waals surface area contributed by atoms with Crippen LogP contribution in [0.15, 0.2) is 33.7 Å². The van der Waals surface area contributed by atoms with E-state index in [1.54, 1.807) is 0 Å². The SMILES string of the molecule is O=C(Nc1c(F)cc(Br)cc1F)OCCC1SC(=NC2CC3C=CC2C3)NC1=O. The fraction of sp³-hybridized carbons (Fsp3) is 0.421. The first-order chi connectivity index (χ1) is 13.9. The molecule has 4 atom stereocenters. The number of anilines is 1. The van der Waals surface area contributed by atoms with Crippen LogP contribution < -0.4 is 10.6 Å². The van der Waals surface area contributed by atoms with Gasteiger partial charge in [0.2, 0.25) is 5.91 Å². The Labute approximate surface area is 178 Å². The second-order valence-corrected chi connectivity index (χ2v) is 9.28. The number of fused-ring (bicyclic) bond motifs is 2. The lowest BCUT2D eigenvalue weighted by atomic mass is 10.0. The second-order valence-electron chi connectivity index (χ2n) is 7.17. The van der Waals surface area contributed by atoms with Crippen molar-refractivity contribution in [2.24, 2.45) is 16.8 Å². The zero-order chi connectivity index (χ0) is 20.5. The summed E-state index contributed by atoms with van der Waals surface area (Å²) in [5.41, 5.74) is -0.583. The quantitative estimate of drug-likeness (QED) is 0.611. The third-order valence-corrected chi connectivity index (χ3v) is 6.77. The van der Waals surface area contributed by atoms with Gasteiger partial charge in [-0.25, -0.2) is 13.6 Å². The number of nitrogens with zero attached hydrogens (tertiary/aromatic N) is 1. The molecule has 10 heteroatoms. The molecule has 2 aliphatic carbocycles. The van der Waals surface area contributed by atoms with Crippen molar-refractivity contribution in [3.05, 3.63) is 40.4 Å². The van der Waals surface area contributed by atoms with Crippen LogP contribution in [0.25, 0.3) is 0 Å². The molecule has 2 bridgehead atoms. The molecule has 3 aliphatic rings. The lowest BCUT2D eigenvalue weighted by molar-refractivity contribution is -0.119. The van der Waals surface area contributed by atoms with Gasteiger partial charge < -0.3 is 10.1 Å². The van der Waals surface area contributed by atoms with Gasteiger partial charge in [0, 0.05) is 10.9 Å². The lowest BCUT2D eigenvalue weighted by Crippen LogP contribution is -2.27. The Bertz CT molecular complexity index is 888. The van der Waals surface area contributed by atoms with E-state index in [-0.39, 0.29) is 29.4 Å². The van der Waals surface area contributed by atoms with Gasteiger partial charge in [0.25, 0.3) is 0 Å². The molecule has 2 amide bonds. The van der Waals surface area contributed by atoms with Crippen LogP contribution in [-0.2, 0) is 9.53 Å². The number of allylic oxidation sites excluding steroid dienone is 1. The van der Waals surface area contributed by atoms with Gasteiger partial charge in [-0.3, -0.25) is 15.1 Å². The Kier molecular flexibility index (Phi) is 5.91. The average molecular weight is 486 g/mol. The summed E-state index contributed by atoms with van der Waals surface area (Å²) in [5.74, 6) is -0.969. The van der Waals surface area contributed by atoms with Gasteiger partial charge >= 0.3 is 6.09 Å². The first kappa shape index (κ1) is 20.3. The van der Waals surface area contributed by atoms with E-state index in [4.69, 9.17) is 4.74 Å². The molecular formula is C19H18BrF2N3O3S. The molecule has 4 unspecified atom stereocenters. The topological polar surface area (TPSA) is 79.8 Å². The number of rotatable bonds is 5. The van der Waals surface area contributed by atoms with E-state index in [0.717, 1.165) is 25.0 Å². The number of amides is 2. The molecule has 0 aromatic heterocycles. The van der Waals surface area contributed by atoms with Gasteiger partial charge in [-0.15, -0.1) is 0 Å². The van der Waals surface area contributed by atoms with Crippen LogP contribution in [0.3, 0.4) is 0 Å². The Morgan fingerprint density at radius 2 is 2.07 bits per heavy atom. The van der Waals surface area contributed by atoms with Crippen LogP contribution in [-0.4, -0.2) is 35.1 Å². The highest BCUT2D eigenvalue weighted by atomic mass is 79.9. The monoisotopic (exact) mass is 485 g/mol. The predicted octanol–water partition coefficient (Wildman–Crippen LogP) is 4.22. The normalized spacial score (nSPS) is 28.8. The molecule has 2 N–H and O–H groups in total. The smallest absolute Gasteiger partial charge is 0.411 e. The van der Waals surface area contributed by atoms with E-state index in [9.17, 15) is 18.4 Å². The second kappa shape index (κ2) is 8.43. The molecule has 1 heterocycles. The van der Waals surface area contributed by atoms with Gasteiger partial charge in [0.15, 0.2) is 16.8 Å². The van der Waals surface area contributed by atoms with Crippen LogP contribution in [0.5, 0.6) is 0 Å². The largest absolute Gasteiger partial charge is 0.449 e. The Morgan fingerprint density at radius 3 is 2.72 bits per heavy atom. The van der Waals surface area contributed by atoms with E-state index in [1.165, 1.54) is 11.8 Å². The molecule has 1 saturated carbocycles. The number of nitrogens with one attached hydrogen (secondary N) is 2. The van der Waals surface area contributed by atoms with Crippen LogP contribution in [0.2, 0.25) is 0 Å². The summed E-state index contributed by atoms with van der Waals surface area (Å²) in [7, 11) is 0. The fourth-order valence-corrected chi connectivity index (χ4v) is 5.17. The third-order valence-electron chi connectivity index (χ3n) is 5.15.